The Labute approximate surface area is 111 Å². The maximum atomic E-state index is 4.58. The summed E-state index contributed by atoms with van der Waals surface area (Å²) in [6.45, 7) is 6.27. The van der Waals surface area contributed by atoms with Crippen LogP contribution in [-0.4, -0.2) is 12.8 Å². The Morgan fingerprint density at radius 3 is 2.50 bits per heavy atom. The SMILES string of the molecule is C=Cc1ccccc1C(=NC)C1CCC(C)CC1. The number of hydrogen-bond acceptors (Lipinski definition) is 1. The molecule has 1 aromatic carbocycles. The van der Waals surface area contributed by atoms with Gasteiger partial charge in [0.25, 0.3) is 0 Å². The van der Waals surface area contributed by atoms with Crippen molar-refractivity contribution in [2.45, 2.75) is 32.6 Å². The number of rotatable bonds is 3. The van der Waals surface area contributed by atoms with Gasteiger partial charge in [-0.15, -0.1) is 0 Å². The molecule has 0 spiro atoms. The highest BCUT2D eigenvalue weighted by molar-refractivity contribution is 6.04. The molecule has 0 radical (unpaired) electrons. The van der Waals surface area contributed by atoms with E-state index in [9.17, 15) is 0 Å². The van der Waals surface area contributed by atoms with Crippen molar-refractivity contribution < 1.29 is 0 Å². The Hall–Kier alpha value is -1.37. The maximum Gasteiger partial charge on any atom is 0.0454 e. The second kappa shape index (κ2) is 5.99. The Morgan fingerprint density at radius 2 is 1.89 bits per heavy atom. The highest BCUT2D eigenvalue weighted by Gasteiger charge is 2.24. The third kappa shape index (κ3) is 2.72. The molecule has 0 heterocycles. The van der Waals surface area contributed by atoms with Crippen molar-refractivity contribution in [2.24, 2.45) is 16.8 Å². The van der Waals surface area contributed by atoms with E-state index in [-0.39, 0.29) is 0 Å². The largest absolute Gasteiger partial charge is 0.292 e. The molecule has 1 aromatic rings. The van der Waals surface area contributed by atoms with Gasteiger partial charge in [-0.05, 0) is 24.3 Å². The van der Waals surface area contributed by atoms with E-state index in [2.05, 4.69) is 42.8 Å². The first-order chi connectivity index (χ1) is 8.76. The van der Waals surface area contributed by atoms with Crippen molar-refractivity contribution in [3.63, 3.8) is 0 Å². The Morgan fingerprint density at radius 1 is 1.22 bits per heavy atom. The molecule has 0 unspecified atom stereocenters. The first kappa shape index (κ1) is 13.1. The van der Waals surface area contributed by atoms with Crippen molar-refractivity contribution in [2.75, 3.05) is 7.05 Å². The van der Waals surface area contributed by atoms with Gasteiger partial charge in [0.05, 0.1) is 0 Å². The lowest BCUT2D eigenvalue weighted by molar-refractivity contribution is 0.344. The van der Waals surface area contributed by atoms with Crippen LogP contribution in [0.5, 0.6) is 0 Å². The predicted octanol–water partition coefficient (Wildman–Crippen LogP) is 4.57. The molecule has 96 valence electrons. The lowest BCUT2D eigenvalue weighted by Crippen LogP contribution is -2.22. The van der Waals surface area contributed by atoms with E-state index in [1.165, 1.54) is 42.5 Å². The van der Waals surface area contributed by atoms with Gasteiger partial charge in [-0.3, -0.25) is 4.99 Å². The van der Waals surface area contributed by atoms with E-state index >= 15 is 0 Å². The van der Waals surface area contributed by atoms with Gasteiger partial charge >= 0.3 is 0 Å². The summed E-state index contributed by atoms with van der Waals surface area (Å²) in [5.74, 6) is 1.52. The molecule has 0 saturated heterocycles. The molecule has 1 aliphatic rings. The van der Waals surface area contributed by atoms with Gasteiger partial charge in [-0.25, -0.2) is 0 Å². The summed E-state index contributed by atoms with van der Waals surface area (Å²) in [6, 6.07) is 8.46. The zero-order valence-electron chi connectivity index (χ0n) is 11.5. The van der Waals surface area contributed by atoms with Crippen LogP contribution in [0.4, 0.5) is 0 Å². The van der Waals surface area contributed by atoms with Gasteiger partial charge in [0.1, 0.15) is 0 Å². The van der Waals surface area contributed by atoms with Crippen molar-refractivity contribution in [3.05, 3.63) is 42.0 Å². The van der Waals surface area contributed by atoms with Gasteiger partial charge < -0.3 is 0 Å². The monoisotopic (exact) mass is 241 g/mol. The summed E-state index contributed by atoms with van der Waals surface area (Å²) >= 11 is 0. The van der Waals surface area contributed by atoms with Gasteiger partial charge in [-0.2, -0.15) is 0 Å². The van der Waals surface area contributed by atoms with Gasteiger partial charge in [-0.1, -0.05) is 56.7 Å². The summed E-state index contributed by atoms with van der Waals surface area (Å²) in [4.78, 5) is 4.58. The van der Waals surface area contributed by atoms with E-state index in [0.717, 1.165) is 5.92 Å². The van der Waals surface area contributed by atoms with Crippen molar-refractivity contribution in [1.82, 2.24) is 0 Å². The molecule has 18 heavy (non-hydrogen) atoms. The second-order valence-electron chi connectivity index (χ2n) is 5.36. The molecule has 1 saturated carbocycles. The molecule has 1 heteroatoms. The third-order valence-corrected chi connectivity index (χ3v) is 4.10. The predicted molar refractivity (Wildman–Crippen MR) is 80.1 cm³/mol. The topological polar surface area (TPSA) is 12.4 Å². The summed E-state index contributed by atoms with van der Waals surface area (Å²) < 4.78 is 0. The van der Waals surface area contributed by atoms with Crippen LogP contribution in [0.1, 0.15) is 43.7 Å². The van der Waals surface area contributed by atoms with E-state index in [1.807, 2.05) is 13.1 Å². The van der Waals surface area contributed by atoms with Crippen LogP contribution in [-0.2, 0) is 0 Å². The molecule has 1 aliphatic carbocycles. The first-order valence-corrected chi connectivity index (χ1v) is 6.94. The number of hydrogen-bond donors (Lipinski definition) is 0. The Kier molecular flexibility index (Phi) is 4.35. The molecule has 0 amide bonds. The normalized spacial score (nSPS) is 24.9. The van der Waals surface area contributed by atoms with Gasteiger partial charge in [0.2, 0.25) is 0 Å². The fourth-order valence-corrected chi connectivity index (χ4v) is 2.96. The molecule has 1 fully saturated rings. The highest BCUT2D eigenvalue weighted by Crippen LogP contribution is 2.31. The zero-order chi connectivity index (χ0) is 13.0. The summed E-state index contributed by atoms with van der Waals surface area (Å²) in [5, 5.41) is 0. The molecular formula is C17H23N. The lowest BCUT2D eigenvalue weighted by atomic mass is 9.78. The molecule has 0 N–H and O–H groups in total. The molecule has 0 atom stereocenters. The van der Waals surface area contributed by atoms with Crippen LogP contribution in [0.25, 0.3) is 6.08 Å². The van der Waals surface area contributed by atoms with E-state index in [1.54, 1.807) is 0 Å². The molecular weight excluding hydrogens is 218 g/mol. The number of benzene rings is 1. The van der Waals surface area contributed by atoms with E-state index < -0.39 is 0 Å². The molecule has 2 rings (SSSR count). The van der Waals surface area contributed by atoms with Crippen molar-refractivity contribution in [3.8, 4) is 0 Å². The first-order valence-electron chi connectivity index (χ1n) is 6.94. The molecule has 0 aliphatic heterocycles. The highest BCUT2D eigenvalue weighted by atomic mass is 14.7. The minimum absolute atomic E-state index is 0.632. The van der Waals surface area contributed by atoms with Crippen LogP contribution in [0, 0.1) is 11.8 Å². The summed E-state index contributed by atoms with van der Waals surface area (Å²) in [5.41, 5.74) is 3.75. The lowest BCUT2D eigenvalue weighted by Gasteiger charge is -2.28. The summed E-state index contributed by atoms with van der Waals surface area (Å²) in [7, 11) is 1.92. The van der Waals surface area contributed by atoms with Crippen LogP contribution in [0.3, 0.4) is 0 Å². The van der Waals surface area contributed by atoms with Crippen LogP contribution in [0.2, 0.25) is 0 Å². The van der Waals surface area contributed by atoms with Crippen molar-refractivity contribution >= 4 is 11.8 Å². The van der Waals surface area contributed by atoms with Gasteiger partial charge in [0.15, 0.2) is 0 Å². The maximum absolute atomic E-state index is 4.58. The van der Waals surface area contributed by atoms with Crippen LogP contribution >= 0.6 is 0 Å². The van der Waals surface area contributed by atoms with E-state index in [0.29, 0.717) is 5.92 Å². The second-order valence-corrected chi connectivity index (χ2v) is 5.36. The minimum Gasteiger partial charge on any atom is -0.292 e. The Balaban J connectivity index is 2.26. The van der Waals surface area contributed by atoms with E-state index in [4.69, 9.17) is 0 Å². The van der Waals surface area contributed by atoms with Crippen LogP contribution in [0.15, 0.2) is 35.8 Å². The number of nitrogens with zero attached hydrogens (tertiary/aromatic N) is 1. The third-order valence-electron chi connectivity index (χ3n) is 4.10. The van der Waals surface area contributed by atoms with Crippen LogP contribution < -0.4 is 0 Å². The standard InChI is InChI=1S/C17H23N/c1-4-14-7-5-6-8-16(14)17(18-3)15-11-9-13(2)10-12-15/h4-8,13,15H,1,9-12H2,2-3H3. The average molecular weight is 241 g/mol. The smallest absolute Gasteiger partial charge is 0.0454 e. The molecule has 0 aromatic heterocycles. The molecule has 1 nitrogen and oxygen atoms in total. The summed E-state index contributed by atoms with van der Waals surface area (Å²) in [6.07, 6.45) is 7.16. The average Bonchev–Trinajstić information content (AvgIpc) is 2.42. The quantitative estimate of drug-likeness (QED) is 0.687. The van der Waals surface area contributed by atoms with Gasteiger partial charge in [0, 0.05) is 24.2 Å². The fraction of sp³-hybridized carbons (Fsp3) is 0.471. The minimum atomic E-state index is 0.632. The zero-order valence-corrected chi connectivity index (χ0v) is 11.5. The molecule has 0 bridgehead atoms. The Bertz CT molecular complexity index is 437. The van der Waals surface area contributed by atoms with Crippen molar-refractivity contribution in [1.29, 1.82) is 0 Å². The number of aliphatic imine (C=N–C) groups is 1. The fourth-order valence-electron chi connectivity index (χ4n) is 2.96.